The minimum Gasteiger partial charge on any atom is -0.478 e. The van der Waals surface area contributed by atoms with Crippen LogP contribution < -0.4 is 4.72 Å². The fraction of sp³-hybridized carbons (Fsp3) is 0.0714. The fourth-order valence-electron chi connectivity index (χ4n) is 1.71. The van der Waals surface area contributed by atoms with Gasteiger partial charge in [-0.15, -0.1) is 0 Å². The molecule has 2 aromatic rings. The van der Waals surface area contributed by atoms with Gasteiger partial charge in [-0.05, 0) is 42.8 Å². The molecule has 0 atom stereocenters. The van der Waals surface area contributed by atoms with E-state index in [1.165, 1.54) is 30.3 Å². The van der Waals surface area contributed by atoms with E-state index in [1.54, 1.807) is 25.1 Å². The van der Waals surface area contributed by atoms with Gasteiger partial charge in [-0.2, -0.15) is 0 Å². The van der Waals surface area contributed by atoms with E-state index in [0.29, 0.717) is 11.3 Å². The molecule has 0 aliphatic rings. The summed E-state index contributed by atoms with van der Waals surface area (Å²) in [6, 6.07) is 12.2. The van der Waals surface area contributed by atoms with Gasteiger partial charge < -0.3 is 5.11 Å². The lowest BCUT2D eigenvalue weighted by Crippen LogP contribution is -2.14. The van der Waals surface area contributed by atoms with Crippen molar-refractivity contribution in [2.75, 3.05) is 4.72 Å². The number of carboxylic acid groups (broad SMARTS) is 1. The van der Waals surface area contributed by atoms with Crippen molar-refractivity contribution in [1.29, 1.82) is 0 Å². The molecule has 2 N–H and O–H groups in total. The van der Waals surface area contributed by atoms with E-state index in [4.69, 9.17) is 5.11 Å². The van der Waals surface area contributed by atoms with Crippen molar-refractivity contribution in [3.63, 3.8) is 0 Å². The number of aromatic carboxylic acids is 1. The zero-order valence-corrected chi connectivity index (χ0v) is 11.5. The van der Waals surface area contributed by atoms with Crippen molar-refractivity contribution in [3.8, 4) is 0 Å². The van der Waals surface area contributed by atoms with Gasteiger partial charge >= 0.3 is 5.97 Å². The van der Waals surface area contributed by atoms with Crippen molar-refractivity contribution in [1.82, 2.24) is 0 Å². The van der Waals surface area contributed by atoms with Gasteiger partial charge in [0.15, 0.2) is 0 Å². The molecule has 0 spiro atoms. The van der Waals surface area contributed by atoms with Crippen LogP contribution in [0.1, 0.15) is 15.9 Å². The SMILES string of the molecule is Cc1cc(C(=O)O)ccc1NS(=O)(=O)c1ccccc1. The largest absolute Gasteiger partial charge is 0.478 e. The molecule has 0 radical (unpaired) electrons. The topological polar surface area (TPSA) is 83.5 Å². The first-order chi connectivity index (χ1) is 9.40. The van der Waals surface area contributed by atoms with Crippen LogP contribution in [-0.2, 0) is 10.0 Å². The van der Waals surface area contributed by atoms with Crippen molar-refractivity contribution < 1.29 is 18.3 Å². The average Bonchev–Trinajstić information content (AvgIpc) is 2.41. The van der Waals surface area contributed by atoms with E-state index in [0.717, 1.165) is 0 Å². The molecule has 104 valence electrons. The van der Waals surface area contributed by atoms with Crippen LogP contribution in [0.3, 0.4) is 0 Å². The van der Waals surface area contributed by atoms with Gasteiger partial charge in [0, 0.05) is 0 Å². The number of sulfonamides is 1. The standard InChI is InChI=1S/C14H13NO4S/c1-10-9-11(14(16)17)7-8-13(10)15-20(18,19)12-5-3-2-4-6-12/h2-9,15H,1H3,(H,16,17). The lowest BCUT2D eigenvalue weighted by Gasteiger charge is -2.11. The first-order valence-electron chi connectivity index (χ1n) is 5.82. The smallest absolute Gasteiger partial charge is 0.335 e. The highest BCUT2D eigenvalue weighted by molar-refractivity contribution is 7.92. The van der Waals surface area contributed by atoms with Gasteiger partial charge in [0.05, 0.1) is 16.1 Å². The van der Waals surface area contributed by atoms with E-state index in [2.05, 4.69) is 4.72 Å². The predicted octanol–water partition coefficient (Wildman–Crippen LogP) is 2.49. The van der Waals surface area contributed by atoms with E-state index in [9.17, 15) is 13.2 Å². The molecular weight excluding hydrogens is 278 g/mol. The third-order valence-corrected chi connectivity index (χ3v) is 4.15. The molecule has 6 heteroatoms. The number of anilines is 1. The number of rotatable bonds is 4. The van der Waals surface area contributed by atoms with Gasteiger partial charge in [-0.1, -0.05) is 18.2 Å². The van der Waals surface area contributed by atoms with Crippen LogP contribution in [0.2, 0.25) is 0 Å². The Morgan fingerprint density at radius 2 is 1.75 bits per heavy atom. The summed E-state index contributed by atoms with van der Waals surface area (Å²) in [5, 5.41) is 8.87. The molecule has 20 heavy (non-hydrogen) atoms. The van der Waals surface area contributed by atoms with Crippen LogP contribution >= 0.6 is 0 Å². The number of hydrogen-bond donors (Lipinski definition) is 2. The molecule has 0 heterocycles. The van der Waals surface area contributed by atoms with E-state index < -0.39 is 16.0 Å². The van der Waals surface area contributed by atoms with Crippen molar-refractivity contribution >= 4 is 21.7 Å². The summed E-state index contributed by atoms with van der Waals surface area (Å²) >= 11 is 0. The maximum absolute atomic E-state index is 12.1. The molecule has 0 aliphatic heterocycles. The number of nitrogens with one attached hydrogen (secondary N) is 1. The van der Waals surface area contributed by atoms with Gasteiger partial charge in [0.2, 0.25) is 0 Å². The summed E-state index contributed by atoms with van der Waals surface area (Å²) in [6.07, 6.45) is 0. The Morgan fingerprint density at radius 3 is 2.30 bits per heavy atom. The average molecular weight is 291 g/mol. The molecule has 2 aromatic carbocycles. The van der Waals surface area contributed by atoms with Crippen LogP contribution in [0, 0.1) is 6.92 Å². The van der Waals surface area contributed by atoms with Crippen molar-refractivity contribution in [3.05, 3.63) is 59.7 Å². The number of carboxylic acids is 1. The van der Waals surface area contributed by atoms with E-state index in [1.807, 2.05) is 0 Å². The van der Waals surface area contributed by atoms with Crippen LogP contribution in [0.15, 0.2) is 53.4 Å². The summed E-state index contributed by atoms with van der Waals surface area (Å²) in [5.41, 5.74) is 1.02. The Kier molecular flexibility index (Phi) is 3.76. The Hall–Kier alpha value is -2.34. The predicted molar refractivity (Wildman–Crippen MR) is 75.4 cm³/mol. The zero-order valence-electron chi connectivity index (χ0n) is 10.7. The first kappa shape index (κ1) is 14.1. The molecule has 5 nitrogen and oxygen atoms in total. The Bertz CT molecular complexity index is 739. The molecular formula is C14H13NO4S. The summed E-state index contributed by atoms with van der Waals surface area (Å²) in [6.45, 7) is 1.65. The second kappa shape index (κ2) is 5.34. The monoisotopic (exact) mass is 291 g/mol. The summed E-state index contributed by atoms with van der Waals surface area (Å²) in [7, 11) is -3.67. The second-order valence-electron chi connectivity index (χ2n) is 4.25. The van der Waals surface area contributed by atoms with Gasteiger partial charge in [0.25, 0.3) is 10.0 Å². The molecule has 0 saturated carbocycles. The fourth-order valence-corrected chi connectivity index (χ4v) is 2.87. The number of aryl methyl sites for hydroxylation is 1. The third kappa shape index (κ3) is 2.97. The molecule has 0 unspecified atom stereocenters. The lowest BCUT2D eigenvalue weighted by molar-refractivity contribution is 0.0697. The normalized spacial score (nSPS) is 11.1. The minimum absolute atomic E-state index is 0.116. The molecule has 0 fully saturated rings. The molecule has 0 saturated heterocycles. The molecule has 2 rings (SSSR count). The van der Waals surface area contributed by atoms with Crippen LogP contribution in [-0.4, -0.2) is 19.5 Å². The van der Waals surface area contributed by atoms with Gasteiger partial charge in [0.1, 0.15) is 0 Å². The van der Waals surface area contributed by atoms with E-state index in [-0.39, 0.29) is 10.5 Å². The Balaban J connectivity index is 2.33. The third-order valence-electron chi connectivity index (χ3n) is 2.77. The number of carbonyl (C=O) groups is 1. The zero-order chi connectivity index (χ0) is 14.8. The Morgan fingerprint density at radius 1 is 1.10 bits per heavy atom. The second-order valence-corrected chi connectivity index (χ2v) is 5.94. The number of hydrogen-bond acceptors (Lipinski definition) is 3. The van der Waals surface area contributed by atoms with Crippen LogP contribution in [0.5, 0.6) is 0 Å². The summed E-state index contributed by atoms with van der Waals surface area (Å²) < 4.78 is 26.7. The van der Waals surface area contributed by atoms with E-state index >= 15 is 0 Å². The molecule has 0 amide bonds. The van der Waals surface area contributed by atoms with Crippen molar-refractivity contribution in [2.24, 2.45) is 0 Å². The lowest BCUT2D eigenvalue weighted by atomic mass is 10.1. The summed E-state index contributed by atoms with van der Waals surface area (Å²) in [5.74, 6) is -1.05. The maximum atomic E-state index is 12.1. The van der Waals surface area contributed by atoms with Gasteiger partial charge in [-0.3, -0.25) is 4.72 Å². The summed E-state index contributed by atoms with van der Waals surface area (Å²) in [4.78, 5) is 11.0. The quantitative estimate of drug-likeness (QED) is 0.906. The van der Waals surface area contributed by atoms with Gasteiger partial charge in [-0.25, -0.2) is 13.2 Å². The number of benzene rings is 2. The first-order valence-corrected chi connectivity index (χ1v) is 7.30. The molecule has 0 aromatic heterocycles. The highest BCUT2D eigenvalue weighted by Crippen LogP contribution is 2.20. The van der Waals surface area contributed by atoms with Crippen LogP contribution in [0.4, 0.5) is 5.69 Å². The minimum atomic E-state index is -3.67. The molecule has 0 aliphatic carbocycles. The molecule has 0 bridgehead atoms. The highest BCUT2D eigenvalue weighted by Gasteiger charge is 2.15. The highest BCUT2D eigenvalue weighted by atomic mass is 32.2. The van der Waals surface area contributed by atoms with Crippen molar-refractivity contribution in [2.45, 2.75) is 11.8 Å². The maximum Gasteiger partial charge on any atom is 0.335 e. The van der Waals surface area contributed by atoms with Crippen LogP contribution in [0.25, 0.3) is 0 Å². The Labute approximate surface area is 116 Å².